The maximum Gasteiger partial charge on any atom is 0.296 e. The van der Waals surface area contributed by atoms with Crippen LogP contribution in [-0.2, 0) is 0 Å². The van der Waals surface area contributed by atoms with Crippen LogP contribution in [0.2, 0.25) is 0 Å². The molecule has 3 aromatic carbocycles. The number of nitrogens with zero attached hydrogens (tertiary/aromatic N) is 4. The molecule has 5 rings (SSSR count). The molecule has 0 spiro atoms. The lowest BCUT2D eigenvalue weighted by Crippen LogP contribution is -1.99. The van der Waals surface area contributed by atoms with Crippen LogP contribution in [0.5, 0.6) is 11.6 Å². The Kier molecular flexibility index (Phi) is 6.52. The number of rotatable bonds is 5. The van der Waals surface area contributed by atoms with E-state index in [0.29, 0.717) is 33.3 Å². The Bertz CT molecular complexity index is 1690. The van der Waals surface area contributed by atoms with Crippen LogP contribution < -0.4 is 4.74 Å². The summed E-state index contributed by atoms with van der Waals surface area (Å²) in [4.78, 5) is 18.3. The largest absolute Gasteiger partial charge is 0.497 e. The molecule has 7 nitrogen and oxygen atoms in total. The number of aromatic nitrogens is 2. The number of halogens is 1. The first-order valence-corrected chi connectivity index (χ1v) is 12.6. The van der Waals surface area contributed by atoms with Crippen molar-refractivity contribution in [3.05, 3.63) is 82.3 Å². The second kappa shape index (κ2) is 9.78. The predicted octanol–water partition coefficient (Wildman–Crippen LogP) is 8.15. The number of aromatic hydroxyl groups is 1. The molecular weight excluding hydrogens is 532 g/mol. The summed E-state index contributed by atoms with van der Waals surface area (Å²) in [6.45, 7) is 5.89. The van der Waals surface area contributed by atoms with E-state index in [0.717, 1.165) is 21.1 Å². The number of amides is 1. The van der Waals surface area contributed by atoms with Crippen LogP contribution in [0.4, 0.5) is 5.69 Å². The average molecular weight is 557 g/mol. The molecule has 0 aliphatic carbocycles. The Morgan fingerprint density at radius 3 is 2.49 bits per heavy atom. The summed E-state index contributed by atoms with van der Waals surface area (Å²) < 4.78 is 8.07. The van der Waals surface area contributed by atoms with Crippen LogP contribution in [-0.4, -0.2) is 27.7 Å². The van der Waals surface area contributed by atoms with Gasteiger partial charge in [0.25, 0.3) is 5.91 Å². The molecule has 0 saturated carbocycles. The number of pyridine rings is 1. The molecule has 0 aliphatic rings. The van der Waals surface area contributed by atoms with Crippen molar-refractivity contribution in [1.29, 1.82) is 0 Å². The van der Waals surface area contributed by atoms with E-state index < -0.39 is 5.91 Å². The van der Waals surface area contributed by atoms with Gasteiger partial charge in [0.2, 0.25) is 5.88 Å². The van der Waals surface area contributed by atoms with Crippen LogP contribution in [0.25, 0.3) is 33.1 Å². The molecule has 2 heterocycles. The quantitative estimate of drug-likeness (QED) is 0.221. The van der Waals surface area contributed by atoms with Crippen LogP contribution in [0.1, 0.15) is 35.8 Å². The molecule has 186 valence electrons. The Balaban J connectivity index is 1.64. The molecule has 0 unspecified atom stereocenters. The van der Waals surface area contributed by atoms with Crippen LogP contribution in [0, 0.1) is 6.92 Å². The first-order valence-electron chi connectivity index (χ1n) is 11.8. The van der Waals surface area contributed by atoms with Crippen molar-refractivity contribution < 1.29 is 14.6 Å². The van der Waals surface area contributed by atoms with Crippen molar-refractivity contribution in [2.45, 2.75) is 26.8 Å². The fourth-order valence-electron chi connectivity index (χ4n) is 4.45. The summed E-state index contributed by atoms with van der Waals surface area (Å²) in [5.74, 6) is 0.0378. The van der Waals surface area contributed by atoms with Gasteiger partial charge in [0.1, 0.15) is 5.75 Å². The number of hydrogen-bond donors (Lipinski definition) is 1. The Labute approximate surface area is 222 Å². The summed E-state index contributed by atoms with van der Waals surface area (Å²) >= 11 is 3.46. The third-order valence-corrected chi connectivity index (χ3v) is 6.78. The van der Waals surface area contributed by atoms with Gasteiger partial charge in [0.15, 0.2) is 5.69 Å². The van der Waals surface area contributed by atoms with E-state index in [4.69, 9.17) is 9.72 Å². The molecule has 8 heteroatoms. The number of fused-ring (bicyclic) bond motifs is 2. The molecule has 0 fully saturated rings. The topological polar surface area (TPSA) is 89.1 Å². The maximum atomic E-state index is 13.5. The molecule has 2 aromatic heterocycles. The van der Waals surface area contributed by atoms with Crippen molar-refractivity contribution in [2.75, 3.05) is 7.11 Å². The summed E-state index contributed by atoms with van der Waals surface area (Å²) in [5.41, 5.74) is 4.61. The van der Waals surface area contributed by atoms with Gasteiger partial charge in [-0.2, -0.15) is 0 Å². The van der Waals surface area contributed by atoms with Gasteiger partial charge in [-0.1, -0.05) is 39.7 Å². The predicted molar refractivity (Wildman–Crippen MR) is 149 cm³/mol. The highest BCUT2D eigenvalue weighted by Crippen LogP contribution is 2.42. The Morgan fingerprint density at radius 1 is 1.03 bits per heavy atom. The monoisotopic (exact) mass is 556 g/mol. The third-order valence-electron chi connectivity index (χ3n) is 6.25. The van der Waals surface area contributed by atoms with Gasteiger partial charge < -0.3 is 14.4 Å². The van der Waals surface area contributed by atoms with E-state index in [1.54, 1.807) is 23.8 Å². The lowest BCUT2D eigenvalue weighted by molar-refractivity contribution is 0.0996. The van der Waals surface area contributed by atoms with Gasteiger partial charge in [-0.15, -0.1) is 10.2 Å². The highest BCUT2D eigenvalue weighted by atomic mass is 79.9. The molecular formula is C29H25BrN4O3. The first kappa shape index (κ1) is 24.6. The van der Waals surface area contributed by atoms with Crippen molar-refractivity contribution in [3.63, 3.8) is 0 Å². The number of ether oxygens (including phenoxy) is 1. The summed E-state index contributed by atoms with van der Waals surface area (Å²) in [6, 6.07) is 20.7. The minimum Gasteiger partial charge on any atom is -0.497 e. The Morgan fingerprint density at radius 2 is 1.78 bits per heavy atom. The zero-order valence-corrected chi connectivity index (χ0v) is 22.4. The molecule has 0 bridgehead atoms. The fraction of sp³-hybridized carbons (Fsp3) is 0.172. The molecule has 5 aromatic rings. The SMILES string of the molecule is COc1ccc2c(c1)c(N=NC(=O)c1cc(-c3ccc(Br)cc3)nc3ccc(C)cc13)c(O)n2C(C)C. The van der Waals surface area contributed by atoms with Gasteiger partial charge in [-0.25, -0.2) is 4.98 Å². The summed E-state index contributed by atoms with van der Waals surface area (Å²) in [7, 11) is 1.57. The molecule has 1 N–H and O–H groups in total. The van der Waals surface area contributed by atoms with E-state index in [2.05, 4.69) is 26.2 Å². The fourth-order valence-corrected chi connectivity index (χ4v) is 4.71. The number of azo groups is 1. The molecule has 0 radical (unpaired) electrons. The van der Waals surface area contributed by atoms with Crippen molar-refractivity contribution in [3.8, 4) is 22.9 Å². The molecule has 0 atom stereocenters. The molecule has 1 amide bonds. The number of carbonyl (C=O) groups excluding carboxylic acids is 1. The minimum absolute atomic E-state index is 0.0314. The maximum absolute atomic E-state index is 13.5. The van der Waals surface area contributed by atoms with Gasteiger partial charge in [0, 0.05) is 26.9 Å². The van der Waals surface area contributed by atoms with E-state index in [-0.39, 0.29) is 17.6 Å². The number of methoxy groups -OCH3 is 1. The van der Waals surface area contributed by atoms with Gasteiger partial charge >= 0.3 is 0 Å². The first-order chi connectivity index (χ1) is 17.8. The standard InChI is InChI=1S/C29H25BrN4O3/c1-16(2)34-26-12-10-20(37-4)14-23(26)27(29(34)36)32-33-28(35)22-15-25(18-6-8-19(30)9-7-18)31-24-11-5-17(3)13-21(22)24/h5-16,36H,1-4H3. The average Bonchev–Trinajstić information content (AvgIpc) is 3.17. The molecule has 37 heavy (non-hydrogen) atoms. The van der Waals surface area contributed by atoms with E-state index in [1.165, 1.54) is 0 Å². The van der Waals surface area contributed by atoms with Crippen molar-refractivity contribution >= 4 is 49.3 Å². The van der Waals surface area contributed by atoms with Gasteiger partial charge in [-0.3, -0.25) is 4.79 Å². The van der Waals surface area contributed by atoms with Crippen LogP contribution in [0.3, 0.4) is 0 Å². The van der Waals surface area contributed by atoms with Crippen LogP contribution in [0.15, 0.2) is 81.4 Å². The third kappa shape index (κ3) is 4.60. The second-order valence-corrected chi connectivity index (χ2v) is 10.0. The van der Waals surface area contributed by atoms with Crippen molar-refractivity contribution in [2.24, 2.45) is 10.2 Å². The highest BCUT2D eigenvalue weighted by Gasteiger charge is 2.20. The zero-order chi connectivity index (χ0) is 26.3. The van der Waals surface area contributed by atoms with E-state index >= 15 is 0 Å². The van der Waals surface area contributed by atoms with E-state index in [9.17, 15) is 9.90 Å². The van der Waals surface area contributed by atoms with Gasteiger partial charge in [-0.05, 0) is 69.3 Å². The zero-order valence-electron chi connectivity index (χ0n) is 20.9. The van der Waals surface area contributed by atoms with Crippen molar-refractivity contribution in [1.82, 2.24) is 9.55 Å². The molecule has 0 aliphatic heterocycles. The molecule has 0 saturated heterocycles. The lowest BCUT2D eigenvalue weighted by Gasteiger charge is -2.10. The smallest absolute Gasteiger partial charge is 0.296 e. The lowest BCUT2D eigenvalue weighted by atomic mass is 10.0. The highest BCUT2D eigenvalue weighted by molar-refractivity contribution is 9.10. The number of carbonyl (C=O) groups is 1. The van der Waals surface area contributed by atoms with Crippen LogP contribution >= 0.6 is 15.9 Å². The van der Waals surface area contributed by atoms with Gasteiger partial charge in [0.05, 0.1) is 29.4 Å². The number of aryl methyl sites for hydroxylation is 1. The summed E-state index contributed by atoms with van der Waals surface area (Å²) in [6.07, 6.45) is 0. The minimum atomic E-state index is -0.524. The number of benzene rings is 3. The summed E-state index contributed by atoms with van der Waals surface area (Å²) in [5, 5.41) is 20.7. The second-order valence-electron chi connectivity index (χ2n) is 9.11. The Hall–Kier alpha value is -4.04. The van der Waals surface area contributed by atoms with E-state index in [1.807, 2.05) is 75.4 Å². The normalized spacial score (nSPS) is 11.7. The number of hydrogen-bond acceptors (Lipinski definition) is 5.